The van der Waals surface area contributed by atoms with Crippen LogP contribution in [0.15, 0.2) is 0 Å². The van der Waals surface area contributed by atoms with Gasteiger partial charge in [-0.15, -0.1) is 5.10 Å². The number of rotatable bonds is 4. The molecule has 0 aromatic carbocycles. The van der Waals surface area contributed by atoms with E-state index in [1.54, 1.807) is 11.8 Å². The Morgan fingerprint density at radius 2 is 2.43 bits per heavy atom. The largest absolute Gasteiger partial charge is 0.378 e. The number of carbonyl (C=O) groups excluding carboxylic acids is 1. The lowest BCUT2D eigenvalue weighted by atomic mass is 10.3. The minimum Gasteiger partial charge on any atom is -0.378 e. The van der Waals surface area contributed by atoms with Crippen LogP contribution in [0.3, 0.4) is 0 Å². The number of nitrogens with zero attached hydrogens (tertiary/aromatic N) is 3. The maximum atomic E-state index is 11.0. The Hall–Kier alpha value is -1.43. The van der Waals surface area contributed by atoms with Gasteiger partial charge in [0.2, 0.25) is 0 Å². The summed E-state index contributed by atoms with van der Waals surface area (Å²) >= 11 is 0. The summed E-state index contributed by atoms with van der Waals surface area (Å²) in [7, 11) is 1.56. The first-order chi connectivity index (χ1) is 6.74. The molecule has 0 bridgehead atoms. The Morgan fingerprint density at radius 3 is 2.93 bits per heavy atom. The molecule has 0 radical (unpaired) electrons. The van der Waals surface area contributed by atoms with Crippen LogP contribution in [0.1, 0.15) is 35.1 Å². The Kier molecular flexibility index (Phi) is 2.20. The van der Waals surface area contributed by atoms with E-state index in [-0.39, 0.29) is 5.69 Å². The van der Waals surface area contributed by atoms with Crippen LogP contribution in [0.2, 0.25) is 0 Å². The molecule has 0 saturated heterocycles. The van der Waals surface area contributed by atoms with Crippen molar-refractivity contribution in [1.82, 2.24) is 15.0 Å². The summed E-state index contributed by atoms with van der Waals surface area (Å²) in [4.78, 5) is 11.0. The minimum atomic E-state index is -0.552. The van der Waals surface area contributed by atoms with E-state index in [1.165, 1.54) is 0 Å². The van der Waals surface area contributed by atoms with Crippen LogP contribution in [0.25, 0.3) is 0 Å². The molecule has 2 rings (SSSR count). The van der Waals surface area contributed by atoms with Crippen LogP contribution in [-0.2, 0) is 11.3 Å². The van der Waals surface area contributed by atoms with Crippen molar-refractivity contribution in [2.75, 3.05) is 7.11 Å². The number of carbonyl (C=O) groups is 1. The predicted molar refractivity (Wildman–Crippen MR) is 47.5 cm³/mol. The first kappa shape index (κ1) is 9.14. The van der Waals surface area contributed by atoms with Crippen LogP contribution in [0, 0.1) is 0 Å². The van der Waals surface area contributed by atoms with Crippen molar-refractivity contribution in [1.29, 1.82) is 0 Å². The van der Waals surface area contributed by atoms with Crippen molar-refractivity contribution in [3.8, 4) is 0 Å². The highest BCUT2D eigenvalue weighted by atomic mass is 16.5. The van der Waals surface area contributed by atoms with Gasteiger partial charge in [0, 0.05) is 7.11 Å². The molecule has 0 spiro atoms. The zero-order chi connectivity index (χ0) is 10.1. The van der Waals surface area contributed by atoms with Crippen LogP contribution < -0.4 is 5.73 Å². The van der Waals surface area contributed by atoms with Crippen LogP contribution in [0.5, 0.6) is 0 Å². The summed E-state index contributed by atoms with van der Waals surface area (Å²) in [6.45, 7) is 0.321. The lowest BCUT2D eigenvalue weighted by molar-refractivity contribution is 0.0990. The summed E-state index contributed by atoms with van der Waals surface area (Å²) in [5.41, 5.74) is 6.07. The van der Waals surface area contributed by atoms with Gasteiger partial charge in [0.15, 0.2) is 5.69 Å². The van der Waals surface area contributed by atoms with Gasteiger partial charge in [-0.05, 0) is 12.8 Å². The molecule has 1 aromatic heterocycles. The number of primary amides is 1. The fourth-order valence-corrected chi connectivity index (χ4v) is 1.39. The van der Waals surface area contributed by atoms with E-state index in [2.05, 4.69) is 10.3 Å². The summed E-state index contributed by atoms with van der Waals surface area (Å²) < 4.78 is 6.73. The number of hydrogen-bond acceptors (Lipinski definition) is 4. The van der Waals surface area contributed by atoms with Gasteiger partial charge in [-0.2, -0.15) is 0 Å². The molecule has 2 N–H and O–H groups in total. The Morgan fingerprint density at radius 1 is 1.71 bits per heavy atom. The van der Waals surface area contributed by atoms with E-state index in [0.717, 1.165) is 12.8 Å². The number of nitrogens with two attached hydrogens (primary N) is 1. The standard InChI is InChI=1S/C8H12N4O2/c1-14-4-6-7(8(9)13)10-11-12(6)5-2-3-5/h5H,2-4H2,1H3,(H2,9,13). The third kappa shape index (κ3) is 1.48. The van der Waals surface area contributed by atoms with E-state index in [1.807, 2.05) is 0 Å². The summed E-state index contributed by atoms with van der Waals surface area (Å²) in [5, 5.41) is 7.66. The average molecular weight is 196 g/mol. The highest BCUT2D eigenvalue weighted by Crippen LogP contribution is 2.35. The fourth-order valence-electron chi connectivity index (χ4n) is 1.39. The van der Waals surface area contributed by atoms with Gasteiger partial charge in [-0.25, -0.2) is 4.68 Å². The molecular formula is C8H12N4O2. The van der Waals surface area contributed by atoms with Crippen molar-refractivity contribution < 1.29 is 9.53 Å². The SMILES string of the molecule is COCc1c(C(N)=O)nnn1C1CC1. The molecule has 0 unspecified atom stereocenters. The predicted octanol–water partition coefficient (Wildman–Crippen LogP) is -0.142. The number of ether oxygens (including phenoxy) is 1. The van der Waals surface area contributed by atoms with E-state index in [0.29, 0.717) is 18.3 Å². The Balaban J connectivity index is 2.35. The van der Waals surface area contributed by atoms with Gasteiger partial charge in [0.05, 0.1) is 18.3 Å². The lowest BCUT2D eigenvalue weighted by Gasteiger charge is -2.03. The molecule has 1 fully saturated rings. The molecule has 1 heterocycles. The maximum Gasteiger partial charge on any atom is 0.271 e. The van der Waals surface area contributed by atoms with Crippen LogP contribution in [0.4, 0.5) is 0 Å². The molecule has 14 heavy (non-hydrogen) atoms. The topological polar surface area (TPSA) is 83.0 Å². The van der Waals surface area contributed by atoms with Crippen molar-refractivity contribution in [3.63, 3.8) is 0 Å². The van der Waals surface area contributed by atoms with Gasteiger partial charge in [-0.3, -0.25) is 4.79 Å². The van der Waals surface area contributed by atoms with Gasteiger partial charge < -0.3 is 10.5 Å². The fraction of sp³-hybridized carbons (Fsp3) is 0.625. The third-order valence-corrected chi connectivity index (χ3v) is 2.20. The second kappa shape index (κ2) is 3.38. The van der Waals surface area contributed by atoms with Crippen LogP contribution in [-0.4, -0.2) is 28.0 Å². The molecule has 1 aromatic rings. The number of aromatic nitrogens is 3. The quantitative estimate of drug-likeness (QED) is 0.726. The van der Waals surface area contributed by atoms with Crippen molar-refractivity contribution in [2.24, 2.45) is 5.73 Å². The van der Waals surface area contributed by atoms with Crippen LogP contribution >= 0.6 is 0 Å². The maximum absolute atomic E-state index is 11.0. The zero-order valence-corrected chi connectivity index (χ0v) is 7.93. The van der Waals surface area contributed by atoms with Gasteiger partial charge in [0.1, 0.15) is 0 Å². The molecular weight excluding hydrogens is 184 g/mol. The van der Waals surface area contributed by atoms with Crippen molar-refractivity contribution in [2.45, 2.75) is 25.5 Å². The summed E-state index contributed by atoms with van der Waals surface area (Å²) in [5.74, 6) is -0.552. The van der Waals surface area contributed by atoms with Crippen molar-refractivity contribution >= 4 is 5.91 Å². The second-order valence-corrected chi connectivity index (χ2v) is 3.36. The van der Waals surface area contributed by atoms with E-state index in [4.69, 9.17) is 10.5 Å². The number of amides is 1. The second-order valence-electron chi connectivity index (χ2n) is 3.36. The first-order valence-corrected chi connectivity index (χ1v) is 4.47. The molecule has 1 aliphatic rings. The highest BCUT2D eigenvalue weighted by molar-refractivity contribution is 5.91. The third-order valence-electron chi connectivity index (χ3n) is 2.20. The van der Waals surface area contributed by atoms with Crippen molar-refractivity contribution in [3.05, 3.63) is 11.4 Å². The Bertz CT molecular complexity index is 356. The van der Waals surface area contributed by atoms with E-state index in [9.17, 15) is 4.79 Å². The minimum absolute atomic E-state index is 0.221. The van der Waals surface area contributed by atoms with Gasteiger partial charge in [0.25, 0.3) is 5.91 Å². The first-order valence-electron chi connectivity index (χ1n) is 4.47. The summed E-state index contributed by atoms with van der Waals surface area (Å²) in [6.07, 6.45) is 2.16. The Labute approximate surface area is 81.0 Å². The monoisotopic (exact) mass is 196 g/mol. The normalized spacial score (nSPS) is 15.8. The molecule has 0 atom stereocenters. The zero-order valence-electron chi connectivity index (χ0n) is 7.93. The molecule has 1 saturated carbocycles. The summed E-state index contributed by atoms with van der Waals surface area (Å²) in [6, 6.07) is 0.376. The lowest BCUT2D eigenvalue weighted by Crippen LogP contribution is -2.15. The van der Waals surface area contributed by atoms with E-state index >= 15 is 0 Å². The average Bonchev–Trinajstić information content (AvgIpc) is 2.89. The van der Waals surface area contributed by atoms with Gasteiger partial charge >= 0.3 is 0 Å². The van der Waals surface area contributed by atoms with Gasteiger partial charge in [-0.1, -0.05) is 5.21 Å². The molecule has 0 aliphatic heterocycles. The number of methoxy groups -OCH3 is 1. The molecule has 6 heteroatoms. The molecule has 6 nitrogen and oxygen atoms in total. The molecule has 1 aliphatic carbocycles. The molecule has 1 amide bonds. The number of hydrogen-bond donors (Lipinski definition) is 1. The van der Waals surface area contributed by atoms with E-state index < -0.39 is 5.91 Å². The molecule has 76 valence electrons. The highest BCUT2D eigenvalue weighted by Gasteiger charge is 2.29. The smallest absolute Gasteiger partial charge is 0.271 e.